The summed E-state index contributed by atoms with van der Waals surface area (Å²) in [5, 5.41) is 8.84. The van der Waals surface area contributed by atoms with Crippen LogP contribution in [0, 0.1) is 0 Å². The maximum Gasteiger partial charge on any atom is 0.132 e. The SMILES string of the molecule is COc1cc(SC)c(OC)cc1CCCO. The summed E-state index contributed by atoms with van der Waals surface area (Å²) in [4.78, 5) is 1.06. The first-order valence-corrected chi connectivity index (χ1v) is 6.39. The van der Waals surface area contributed by atoms with Gasteiger partial charge in [-0.2, -0.15) is 0 Å². The van der Waals surface area contributed by atoms with Crippen molar-refractivity contribution in [3.05, 3.63) is 17.7 Å². The van der Waals surface area contributed by atoms with Gasteiger partial charge >= 0.3 is 0 Å². The molecule has 0 fully saturated rings. The average molecular weight is 242 g/mol. The summed E-state index contributed by atoms with van der Waals surface area (Å²) in [5.74, 6) is 1.72. The second-order valence-electron chi connectivity index (χ2n) is 3.35. The molecule has 0 atom stereocenters. The van der Waals surface area contributed by atoms with Crippen LogP contribution in [0.1, 0.15) is 12.0 Å². The average Bonchev–Trinajstić information content (AvgIpc) is 2.35. The smallest absolute Gasteiger partial charge is 0.132 e. The first kappa shape index (κ1) is 13.2. The molecule has 1 aromatic carbocycles. The Morgan fingerprint density at radius 3 is 2.38 bits per heavy atom. The number of thioether (sulfide) groups is 1. The number of aliphatic hydroxyl groups is 1. The lowest BCUT2D eigenvalue weighted by Gasteiger charge is -2.13. The molecule has 90 valence electrons. The maximum atomic E-state index is 8.84. The molecular weight excluding hydrogens is 224 g/mol. The highest BCUT2D eigenvalue weighted by molar-refractivity contribution is 7.98. The van der Waals surface area contributed by atoms with Crippen molar-refractivity contribution in [2.45, 2.75) is 17.7 Å². The lowest BCUT2D eigenvalue weighted by atomic mass is 10.1. The third kappa shape index (κ3) is 3.06. The zero-order valence-corrected chi connectivity index (χ0v) is 10.8. The van der Waals surface area contributed by atoms with Crippen LogP contribution < -0.4 is 9.47 Å². The van der Waals surface area contributed by atoms with E-state index in [0.717, 1.165) is 34.8 Å². The summed E-state index contributed by atoms with van der Waals surface area (Å²) >= 11 is 1.63. The number of hydrogen-bond acceptors (Lipinski definition) is 4. The van der Waals surface area contributed by atoms with Gasteiger partial charge in [0.1, 0.15) is 11.5 Å². The molecule has 4 heteroatoms. The number of aliphatic hydroxyl groups excluding tert-OH is 1. The van der Waals surface area contributed by atoms with Crippen LogP contribution in [0.15, 0.2) is 17.0 Å². The highest BCUT2D eigenvalue weighted by atomic mass is 32.2. The Labute approximate surface area is 101 Å². The fraction of sp³-hybridized carbons (Fsp3) is 0.500. The number of rotatable bonds is 6. The van der Waals surface area contributed by atoms with E-state index in [1.165, 1.54) is 0 Å². The Morgan fingerprint density at radius 2 is 1.88 bits per heavy atom. The van der Waals surface area contributed by atoms with E-state index in [1.807, 2.05) is 18.4 Å². The minimum atomic E-state index is 0.190. The van der Waals surface area contributed by atoms with Gasteiger partial charge in [-0.1, -0.05) is 0 Å². The predicted octanol–water partition coefficient (Wildman–Crippen LogP) is 2.35. The number of ether oxygens (including phenoxy) is 2. The predicted molar refractivity (Wildman–Crippen MR) is 66.7 cm³/mol. The molecular formula is C12H18O3S. The second kappa shape index (κ2) is 6.66. The Morgan fingerprint density at radius 1 is 1.19 bits per heavy atom. The standard InChI is InChI=1S/C12H18O3S/c1-14-10-8-12(16-3)11(15-2)7-9(10)5-4-6-13/h7-8,13H,4-6H2,1-3H3. The molecule has 0 saturated carbocycles. The molecule has 0 bridgehead atoms. The molecule has 1 N–H and O–H groups in total. The van der Waals surface area contributed by atoms with Crippen molar-refractivity contribution in [3.8, 4) is 11.5 Å². The van der Waals surface area contributed by atoms with Gasteiger partial charge in [0.15, 0.2) is 0 Å². The number of methoxy groups -OCH3 is 2. The van der Waals surface area contributed by atoms with Crippen LogP contribution in [0.4, 0.5) is 0 Å². The Kier molecular flexibility index (Phi) is 5.49. The minimum absolute atomic E-state index is 0.190. The van der Waals surface area contributed by atoms with Gasteiger partial charge in [0.25, 0.3) is 0 Å². The second-order valence-corrected chi connectivity index (χ2v) is 4.19. The van der Waals surface area contributed by atoms with Crippen molar-refractivity contribution in [1.29, 1.82) is 0 Å². The fourth-order valence-electron chi connectivity index (χ4n) is 1.56. The molecule has 0 aliphatic heterocycles. The van der Waals surface area contributed by atoms with Gasteiger partial charge < -0.3 is 14.6 Å². The van der Waals surface area contributed by atoms with E-state index in [4.69, 9.17) is 14.6 Å². The van der Waals surface area contributed by atoms with Crippen LogP contribution in [0.3, 0.4) is 0 Å². The quantitative estimate of drug-likeness (QED) is 0.777. The van der Waals surface area contributed by atoms with Crippen LogP contribution in [0.25, 0.3) is 0 Å². The molecule has 0 spiro atoms. The van der Waals surface area contributed by atoms with Crippen LogP contribution in [-0.2, 0) is 6.42 Å². The molecule has 1 aromatic rings. The van der Waals surface area contributed by atoms with E-state index in [1.54, 1.807) is 26.0 Å². The summed E-state index contributed by atoms with van der Waals surface area (Å²) in [6.07, 6.45) is 3.54. The van der Waals surface area contributed by atoms with Crippen LogP contribution in [0.5, 0.6) is 11.5 Å². The first-order valence-electron chi connectivity index (χ1n) is 5.16. The van der Waals surface area contributed by atoms with E-state index >= 15 is 0 Å². The topological polar surface area (TPSA) is 38.7 Å². The molecule has 0 aliphatic carbocycles. The molecule has 0 radical (unpaired) electrons. The fourth-order valence-corrected chi connectivity index (χ4v) is 2.13. The lowest BCUT2D eigenvalue weighted by molar-refractivity contribution is 0.287. The summed E-state index contributed by atoms with van der Waals surface area (Å²) in [7, 11) is 3.33. The molecule has 0 heterocycles. The number of benzene rings is 1. The van der Waals surface area contributed by atoms with Gasteiger partial charge in [-0.15, -0.1) is 11.8 Å². The zero-order chi connectivity index (χ0) is 12.0. The Balaban J connectivity index is 3.05. The van der Waals surface area contributed by atoms with E-state index in [-0.39, 0.29) is 6.61 Å². The third-order valence-corrected chi connectivity index (χ3v) is 3.15. The van der Waals surface area contributed by atoms with Crippen LogP contribution >= 0.6 is 11.8 Å². The van der Waals surface area contributed by atoms with Gasteiger partial charge in [-0.3, -0.25) is 0 Å². The maximum absolute atomic E-state index is 8.84. The molecule has 3 nitrogen and oxygen atoms in total. The minimum Gasteiger partial charge on any atom is -0.496 e. The van der Waals surface area contributed by atoms with Gasteiger partial charge in [0.05, 0.1) is 19.1 Å². The van der Waals surface area contributed by atoms with Crippen molar-refractivity contribution in [1.82, 2.24) is 0 Å². The van der Waals surface area contributed by atoms with Crippen molar-refractivity contribution in [3.63, 3.8) is 0 Å². The molecule has 1 rings (SSSR count). The lowest BCUT2D eigenvalue weighted by Crippen LogP contribution is -1.97. The van der Waals surface area contributed by atoms with E-state index < -0.39 is 0 Å². The van der Waals surface area contributed by atoms with Crippen LogP contribution in [-0.4, -0.2) is 32.2 Å². The molecule has 0 unspecified atom stereocenters. The Hall–Kier alpha value is -0.870. The molecule has 0 amide bonds. The first-order chi connectivity index (χ1) is 7.76. The van der Waals surface area contributed by atoms with Gasteiger partial charge in [-0.25, -0.2) is 0 Å². The Bertz CT molecular complexity index is 339. The van der Waals surface area contributed by atoms with Gasteiger partial charge in [0, 0.05) is 6.61 Å². The van der Waals surface area contributed by atoms with Crippen molar-refractivity contribution in [2.24, 2.45) is 0 Å². The summed E-state index contributed by atoms with van der Waals surface area (Å²) in [6, 6.07) is 3.97. The van der Waals surface area contributed by atoms with E-state index in [0.29, 0.717) is 0 Å². The number of aryl methyl sites for hydroxylation is 1. The van der Waals surface area contributed by atoms with Crippen molar-refractivity contribution < 1.29 is 14.6 Å². The molecule has 0 aliphatic rings. The summed E-state index contributed by atoms with van der Waals surface area (Å²) in [6.45, 7) is 0.190. The normalized spacial score (nSPS) is 10.2. The highest BCUT2D eigenvalue weighted by Gasteiger charge is 2.10. The molecule has 0 aromatic heterocycles. The van der Waals surface area contributed by atoms with Crippen LogP contribution in [0.2, 0.25) is 0 Å². The summed E-state index contributed by atoms with van der Waals surface area (Å²) in [5.41, 5.74) is 1.08. The van der Waals surface area contributed by atoms with Crippen molar-refractivity contribution >= 4 is 11.8 Å². The van der Waals surface area contributed by atoms with E-state index in [9.17, 15) is 0 Å². The van der Waals surface area contributed by atoms with Crippen molar-refractivity contribution in [2.75, 3.05) is 27.1 Å². The highest BCUT2D eigenvalue weighted by Crippen LogP contribution is 2.34. The largest absolute Gasteiger partial charge is 0.496 e. The van der Waals surface area contributed by atoms with E-state index in [2.05, 4.69) is 0 Å². The number of hydrogen-bond donors (Lipinski definition) is 1. The third-order valence-electron chi connectivity index (χ3n) is 2.39. The monoisotopic (exact) mass is 242 g/mol. The van der Waals surface area contributed by atoms with Gasteiger partial charge in [0.2, 0.25) is 0 Å². The molecule has 0 saturated heterocycles. The van der Waals surface area contributed by atoms with Gasteiger partial charge in [-0.05, 0) is 36.8 Å². The molecule has 16 heavy (non-hydrogen) atoms. The zero-order valence-electron chi connectivity index (χ0n) is 9.95. The summed E-state index contributed by atoms with van der Waals surface area (Å²) < 4.78 is 10.7.